The summed E-state index contributed by atoms with van der Waals surface area (Å²) >= 11 is 9.21. The average molecular weight is 366 g/mol. The summed E-state index contributed by atoms with van der Waals surface area (Å²) in [4.78, 5) is 12.2. The maximum atomic E-state index is 12.2. The molecule has 0 atom stereocenters. The molecule has 0 unspecified atom stereocenters. The van der Waals surface area contributed by atoms with Crippen LogP contribution in [0, 0.1) is 0 Å². The lowest BCUT2D eigenvalue weighted by molar-refractivity contribution is 0.0922. The number of carbonyl (C=O) groups is 1. The normalized spacial score (nSPS) is 10.8. The number of rotatable bonds is 4. The van der Waals surface area contributed by atoms with Crippen molar-refractivity contribution in [2.24, 2.45) is 0 Å². The van der Waals surface area contributed by atoms with Crippen molar-refractivity contribution in [3.05, 3.63) is 63.8 Å². The van der Waals surface area contributed by atoms with E-state index in [2.05, 4.69) is 15.9 Å². The van der Waals surface area contributed by atoms with E-state index < -0.39 is 0 Å². The van der Waals surface area contributed by atoms with Gasteiger partial charge in [-0.25, -0.2) is 0 Å². The van der Waals surface area contributed by atoms with Crippen molar-refractivity contribution in [1.29, 1.82) is 0 Å². The number of furan rings is 1. The lowest BCUT2D eigenvalue weighted by Crippen LogP contribution is -2.11. The van der Waals surface area contributed by atoms with E-state index in [-0.39, 0.29) is 12.4 Å². The quantitative estimate of drug-likeness (QED) is 0.603. The molecule has 106 valence electrons. The van der Waals surface area contributed by atoms with Crippen molar-refractivity contribution in [3.8, 4) is 5.75 Å². The predicted octanol–water partition coefficient (Wildman–Crippen LogP) is 5.11. The van der Waals surface area contributed by atoms with E-state index >= 15 is 0 Å². The van der Waals surface area contributed by atoms with Gasteiger partial charge in [-0.05, 0) is 40.2 Å². The summed E-state index contributed by atoms with van der Waals surface area (Å²) in [6, 6.07) is 12.5. The number of ketones is 1. The van der Waals surface area contributed by atoms with Crippen LogP contribution in [0.1, 0.15) is 10.4 Å². The van der Waals surface area contributed by atoms with Gasteiger partial charge in [-0.2, -0.15) is 0 Å². The Bertz CT molecular complexity index is 810. The fourth-order valence-corrected chi connectivity index (χ4v) is 2.80. The second-order valence-electron chi connectivity index (χ2n) is 4.43. The Morgan fingerprint density at radius 3 is 2.86 bits per heavy atom. The van der Waals surface area contributed by atoms with Gasteiger partial charge in [0.25, 0.3) is 0 Å². The summed E-state index contributed by atoms with van der Waals surface area (Å²) < 4.78 is 11.6. The summed E-state index contributed by atoms with van der Waals surface area (Å²) in [5.74, 6) is 0.433. The molecular formula is C16H10BrClO3. The second-order valence-corrected chi connectivity index (χ2v) is 5.72. The fraction of sp³-hybridized carbons (Fsp3) is 0.0625. The zero-order valence-electron chi connectivity index (χ0n) is 10.8. The number of carbonyl (C=O) groups excluding carboxylic acids is 1. The maximum absolute atomic E-state index is 12.2. The first-order chi connectivity index (χ1) is 10.1. The summed E-state index contributed by atoms with van der Waals surface area (Å²) in [6.07, 6.45) is 1.47. The minimum absolute atomic E-state index is 0.0657. The molecule has 3 nitrogen and oxygen atoms in total. The van der Waals surface area contributed by atoms with Crippen LogP contribution < -0.4 is 4.74 Å². The molecule has 2 aromatic carbocycles. The van der Waals surface area contributed by atoms with E-state index in [1.807, 2.05) is 24.3 Å². The Balaban J connectivity index is 1.77. The zero-order valence-corrected chi connectivity index (χ0v) is 13.1. The van der Waals surface area contributed by atoms with Crippen molar-refractivity contribution in [2.75, 3.05) is 6.61 Å². The molecule has 1 aromatic heterocycles. The molecule has 0 spiro atoms. The largest absolute Gasteiger partial charge is 0.484 e. The number of hydrogen-bond donors (Lipinski definition) is 0. The van der Waals surface area contributed by atoms with E-state index in [1.165, 1.54) is 6.26 Å². The lowest BCUT2D eigenvalue weighted by Gasteiger charge is -2.07. The van der Waals surface area contributed by atoms with Gasteiger partial charge in [0.15, 0.2) is 6.61 Å². The van der Waals surface area contributed by atoms with Crippen LogP contribution in [0.25, 0.3) is 11.0 Å². The summed E-state index contributed by atoms with van der Waals surface area (Å²) in [5, 5.41) is 1.39. The number of para-hydroxylation sites is 1. The van der Waals surface area contributed by atoms with Crippen molar-refractivity contribution >= 4 is 44.3 Å². The molecular weight excluding hydrogens is 356 g/mol. The highest BCUT2D eigenvalue weighted by Gasteiger charge is 2.14. The van der Waals surface area contributed by atoms with Crippen LogP contribution in [0.15, 0.2) is 57.6 Å². The van der Waals surface area contributed by atoms with Crippen LogP contribution in [-0.2, 0) is 0 Å². The van der Waals surface area contributed by atoms with Gasteiger partial charge in [-0.15, -0.1) is 0 Å². The molecule has 0 saturated heterocycles. The standard InChI is InChI=1S/C16H10BrClO3/c17-13-7-10(18)5-6-16(13)21-9-14(19)12-8-20-15-4-2-1-3-11(12)15/h1-8H,9H2. The SMILES string of the molecule is O=C(COc1ccc(Cl)cc1Br)c1coc2ccccc12. The van der Waals surface area contributed by atoms with Gasteiger partial charge >= 0.3 is 0 Å². The molecule has 0 N–H and O–H groups in total. The molecule has 0 radical (unpaired) electrons. The van der Waals surface area contributed by atoms with Crippen molar-refractivity contribution in [2.45, 2.75) is 0 Å². The molecule has 3 rings (SSSR count). The van der Waals surface area contributed by atoms with E-state index in [0.29, 0.717) is 26.4 Å². The number of ether oxygens (including phenoxy) is 1. The monoisotopic (exact) mass is 364 g/mol. The fourth-order valence-electron chi connectivity index (χ4n) is 2.01. The average Bonchev–Trinajstić information content (AvgIpc) is 2.90. The van der Waals surface area contributed by atoms with Gasteiger partial charge in [-0.1, -0.05) is 29.8 Å². The van der Waals surface area contributed by atoms with E-state index in [0.717, 1.165) is 5.39 Å². The number of benzene rings is 2. The summed E-state index contributed by atoms with van der Waals surface area (Å²) in [6.45, 7) is -0.0657. The summed E-state index contributed by atoms with van der Waals surface area (Å²) in [5.41, 5.74) is 1.21. The topological polar surface area (TPSA) is 39.4 Å². The van der Waals surface area contributed by atoms with E-state index in [4.69, 9.17) is 20.8 Å². The molecule has 0 aliphatic rings. The minimum atomic E-state index is -0.137. The molecule has 0 aliphatic carbocycles. The van der Waals surface area contributed by atoms with Crippen molar-refractivity contribution in [3.63, 3.8) is 0 Å². The Labute approximate surface area is 134 Å². The van der Waals surface area contributed by atoms with Gasteiger partial charge in [0.2, 0.25) is 5.78 Å². The smallest absolute Gasteiger partial charge is 0.204 e. The maximum Gasteiger partial charge on any atom is 0.204 e. The first-order valence-electron chi connectivity index (χ1n) is 6.22. The highest BCUT2D eigenvalue weighted by molar-refractivity contribution is 9.10. The van der Waals surface area contributed by atoms with Crippen molar-refractivity contribution in [1.82, 2.24) is 0 Å². The van der Waals surface area contributed by atoms with Gasteiger partial charge < -0.3 is 9.15 Å². The molecule has 3 aromatic rings. The molecule has 0 bridgehead atoms. The van der Waals surface area contributed by atoms with Crippen LogP contribution in [-0.4, -0.2) is 12.4 Å². The van der Waals surface area contributed by atoms with Crippen LogP contribution in [0.3, 0.4) is 0 Å². The highest BCUT2D eigenvalue weighted by Crippen LogP contribution is 2.28. The van der Waals surface area contributed by atoms with Crippen LogP contribution in [0.5, 0.6) is 5.75 Å². The number of halogens is 2. The third-order valence-electron chi connectivity index (χ3n) is 3.03. The summed E-state index contributed by atoms with van der Waals surface area (Å²) in [7, 11) is 0. The number of hydrogen-bond acceptors (Lipinski definition) is 3. The predicted molar refractivity (Wildman–Crippen MR) is 85.2 cm³/mol. The molecule has 5 heteroatoms. The Morgan fingerprint density at radius 2 is 2.05 bits per heavy atom. The molecule has 1 heterocycles. The number of fused-ring (bicyclic) bond motifs is 1. The van der Waals surface area contributed by atoms with E-state index in [9.17, 15) is 4.79 Å². The minimum Gasteiger partial charge on any atom is -0.484 e. The van der Waals surface area contributed by atoms with E-state index in [1.54, 1.807) is 18.2 Å². The first-order valence-corrected chi connectivity index (χ1v) is 7.39. The van der Waals surface area contributed by atoms with Crippen LogP contribution in [0.4, 0.5) is 0 Å². The van der Waals surface area contributed by atoms with Gasteiger partial charge in [0.1, 0.15) is 17.6 Å². The molecule has 0 fully saturated rings. The van der Waals surface area contributed by atoms with Crippen LogP contribution >= 0.6 is 27.5 Å². The third-order valence-corrected chi connectivity index (χ3v) is 3.89. The molecule has 0 aliphatic heterocycles. The van der Waals surface area contributed by atoms with Gasteiger partial charge in [0.05, 0.1) is 10.0 Å². The Morgan fingerprint density at radius 1 is 1.24 bits per heavy atom. The van der Waals surface area contributed by atoms with Crippen molar-refractivity contribution < 1.29 is 13.9 Å². The Hall–Kier alpha value is -1.78. The lowest BCUT2D eigenvalue weighted by atomic mass is 10.1. The van der Waals surface area contributed by atoms with Crippen LogP contribution in [0.2, 0.25) is 5.02 Å². The highest BCUT2D eigenvalue weighted by atomic mass is 79.9. The number of Topliss-reactive ketones (excluding diaryl/α,β-unsaturated/α-hetero) is 1. The van der Waals surface area contributed by atoms with Gasteiger partial charge in [-0.3, -0.25) is 4.79 Å². The first kappa shape index (κ1) is 14.2. The Kier molecular flexibility index (Phi) is 3.99. The van der Waals surface area contributed by atoms with Gasteiger partial charge in [0, 0.05) is 10.4 Å². The second kappa shape index (κ2) is 5.92. The molecule has 0 amide bonds. The third kappa shape index (κ3) is 2.96. The molecule has 0 saturated carbocycles. The zero-order chi connectivity index (χ0) is 14.8. The molecule has 21 heavy (non-hydrogen) atoms.